The van der Waals surface area contributed by atoms with Crippen LogP contribution in [-0.2, 0) is 4.74 Å². The normalized spacial score (nSPS) is 10.8. The number of nitrogens with zero attached hydrogens (tertiary/aromatic N) is 4. The van der Waals surface area contributed by atoms with Gasteiger partial charge in [-0.15, -0.1) is 0 Å². The van der Waals surface area contributed by atoms with Gasteiger partial charge in [0.15, 0.2) is 5.76 Å². The molecule has 9 nitrogen and oxygen atoms in total. The van der Waals surface area contributed by atoms with E-state index < -0.39 is 0 Å². The smallest absolute Gasteiger partial charge is 0.253 e. The van der Waals surface area contributed by atoms with E-state index in [0.717, 1.165) is 10.9 Å². The van der Waals surface area contributed by atoms with E-state index in [1.807, 2.05) is 12.1 Å². The molecule has 0 spiro atoms. The van der Waals surface area contributed by atoms with Crippen LogP contribution in [0.5, 0.6) is 5.75 Å². The van der Waals surface area contributed by atoms with Gasteiger partial charge in [0.2, 0.25) is 5.69 Å². The Hall–Kier alpha value is -4.16. The zero-order valence-corrected chi connectivity index (χ0v) is 17.9. The second kappa shape index (κ2) is 8.91. The lowest BCUT2D eigenvalue weighted by molar-refractivity contribution is 0.0827. The summed E-state index contributed by atoms with van der Waals surface area (Å²) in [5.41, 5.74) is 3.65. The van der Waals surface area contributed by atoms with Crippen molar-refractivity contribution in [1.29, 1.82) is 0 Å². The lowest BCUT2D eigenvalue weighted by Crippen LogP contribution is -2.21. The molecule has 0 fully saturated rings. The van der Waals surface area contributed by atoms with Crippen LogP contribution in [0, 0.1) is 6.57 Å². The number of aromatic nitrogens is 3. The summed E-state index contributed by atoms with van der Waals surface area (Å²) in [7, 11) is 5.01. The summed E-state index contributed by atoms with van der Waals surface area (Å²) >= 11 is 0. The van der Waals surface area contributed by atoms with Crippen molar-refractivity contribution in [2.24, 2.45) is 0 Å². The van der Waals surface area contributed by atoms with Crippen molar-refractivity contribution < 1.29 is 18.8 Å². The summed E-state index contributed by atoms with van der Waals surface area (Å²) < 4.78 is 16.2. The molecule has 0 aliphatic heterocycles. The van der Waals surface area contributed by atoms with E-state index in [2.05, 4.69) is 20.2 Å². The highest BCUT2D eigenvalue weighted by atomic mass is 16.5. The molecule has 32 heavy (non-hydrogen) atoms. The summed E-state index contributed by atoms with van der Waals surface area (Å²) in [6.07, 6.45) is 0. The molecule has 0 unspecified atom stereocenters. The molecule has 4 rings (SSSR count). The predicted octanol–water partition coefficient (Wildman–Crippen LogP) is 4.16. The third-order valence-electron chi connectivity index (χ3n) is 4.89. The number of aromatic amines is 1. The molecule has 0 saturated carbocycles. The van der Waals surface area contributed by atoms with Gasteiger partial charge >= 0.3 is 0 Å². The van der Waals surface area contributed by atoms with Crippen molar-refractivity contribution in [3.63, 3.8) is 0 Å². The van der Waals surface area contributed by atoms with Crippen molar-refractivity contribution in [1.82, 2.24) is 20.3 Å². The van der Waals surface area contributed by atoms with Crippen LogP contribution in [-0.4, -0.2) is 60.6 Å². The van der Waals surface area contributed by atoms with E-state index in [4.69, 9.17) is 20.6 Å². The van der Waals surface area contributed by atoms with Gasteiger partial charge < -0.3 is 18.9 Å². The van der Waals surface area contributed by atoms with Crippen LogP contribution >= 0.6 is 0 Å². The maximum Gasteiger partial charge on any atom is 0.253 e. The first-order valence-electron chi connectivity index (χ1n) is 9.82. The highest BCUT2D eigenvalue weighted by Gasteiger charge is 2.18. The third kappa shape index (κ3) is 4.04. The molecule has 2 aromatic heterocycles. The van der Waals surface area contributed by atoms with Gasteiger partial charge in [-0.05, 0) is 24.3 Å². The van der Waals surface area contributed by atoms with Gasteiger partial charge in [-0.2, -0.15) is 5.10 Å². The largest absolute Gasteiger partial charge is 0.502 e. The number of ether oxygens (including phenoxy) is 2. The molecule has 0 radical (unpaired) electrons. The fraction of sp³-hybridized carbons (Fsp3) is 0.217. The molecule has 0 saturated heterocycles. The number of methoxy groups -OCH3 is 1. The monoisotopic (exact) mass is 431 g/mol. The van der Waals surface area contributed by atoms with Crippen molar-refractivity contribution in [2.45, 2.75) is 0 Å². The minimum atomic E-state index is -0.0680. The number of benzene rings is 2. The van der Waals surface area contributed by atoms with Crippen LogP contribution in [0.3, 0.4) is 0 Å². The fourth-order valence-corrected chi connectivity index (χ4v) is 3.22. The number of fused-ring (bicyclic) bond motifs is 1. The van der Waals surface area contributed by atoms with E-state index in [0.29, 0.717) is 52.9 Å². The Labute approximate surface area is 184 Å². The quantitative estimate of drug-likeness (QED) is 0.349. The SMILES string of the molecule is [C-]#[N+]c1cc2c(-c3cc(-c4ccc(C(=O)N(C)C)cc4)no3)n[nH]c2cc1OCCOC. The molecule has 0 aliphatic rings. The number of H-pyrrole nitrogens is 1. The highest BCUT2D eigenvalue weighted by Crippen LogP contribution is 2.37. The maximum absolute atomic E-state index is 12.1. The summed E-state index contributed by atoms with van der Waals surface area (Å²) in [5.74, 6) is 0.857. The fourth-order valence-electron chi connectivity index (χ4n) is 3.22. The van der Waals surface area contributed by atoms with Gasteiger partial charge in [0.1, 0.15) is 23.7 Å². The van der Waals surface area contributed by atoms with Gasteiger partial charge in [0.25, 0.3) is 5.91 Å². The Morgan fingerprint density at radius 3 is 2.66 bits per heavy atom. The minimum Gasteiger partial charge on any atom is -0.502 e. The van der Waals surface area contributed by atoms with Crippen LogP contribution in [0.25, 0.3) is 38.5 Å². The molecule has 2 heterocycles. The molecule has 162 valence electrons. The van der Waals surface area contributed by atoms with E-state index in [1.54, 1.807) is 51.5 Å². The first kappa shape index (κ1) is 21.1. The topological polar surface area (TPSA) is 97.8 Å². The summed E-state index contributed by atoms with van der Waals surface area (Å²) in [5, 5.41) is 12.2. The standard InChI is InChI=1S/C23H21N5O4/c1-24-19-11-16-18(13-20(19)31-10-9-30-4)25-26-22(16)21-12-17(27-32-21)14-5-7-15(8-6-14)23(29)28(2)3/h5-8,11-13H,9-10H2,2-4H3,(H,25,26). The zero-order valence-electron chi connectivity index (χ0n) is 17.9. The molecule has 0 bridgehead atoms. The summed E-state index contributed by atoms with van der Waals surface area (Å²) in [6, 6.07) is 12.4. The average molecular weight is 431 g/mol. The minimum absolute atomic E-state index is 0.0680. The molecule has 9 heteroatoms. The van der Waals surface area contributed by atoms with Gasteiger partial charge in [-0.1, -0.05) is 17.3 Å². The number of carbonyl (C=O) groups excluding carboxylic acids is 1. The zero-order chi connectivity index (χ0) is 22.7. The summed E-state index contributed by atoms with van der Waals surface area (Å²) in [6.45, 7) is 8.25. The molecular formula is C23H21N5O4. The molecule has 1 N–H and O–H groups in total. The lowest BCUT2D eigenvalue weighted by atomic mass is 10.1. The Morgan fingerprint density at radius 1 is 1.19 bits per heavy atom. The van der Waals surface area contributed by atoms with E-state index >= 15 is 0 Å². The van der Waals surface area contributed by atoms with Crippen molar-refractivity contribution >= 4 is 22.5 Å². The van der Waals surface area contributed by atoms with Gasteiger partial charge in [-0.25, -0.2) is 4.85 Å². The second-order valence-corrected chi connectivity index (χ2v) is 7.24. The van der Waals surface area contributed by atoms with Crippen molar-refractivity contribution in [3.8, 4) is 28.5 Å². The molecule has 0 aliphatic carbocycles. The first-order chi connectivity index (χ1) is 15.5. The Balaban J connectivity index is 1.63. The Bertz CT molecular complexity index is 1300. The van der Waals surface area contributed by atoms with Crippen LogP contribution in [0.15, 0.2) is 47.0 Å². The highest BCUT2D eigenvalue weighted by molar-refractivity contribution is 5.96. The number of carbonyl (C=O) groups is 1. The number of rotatable bonds is 7. The van der Waals surface area contributed by atoms with Crippen LogP contribution in [0.4, 0.5) is 5.69 Å². The van der Waals surface area contributed by atoms with E-state index in [1.165, 1.54) is 4.90 Å². The number of nitrogens with one attached hydrogen (secondary N) is 1. The number of hydrogen-bond donors (Lipinski definition) is 1. The number of amides is 1. The molecule has 0 atom stereocenters. The second-order valence-electron chi connectivity index (χ2n) is 7.24. The van der Waals surface area contributed by atoms with Crippen LogP contribution < -0.4 is 4.74 Å². The van der Waals surface area contributed by atoms with Gasteiger partial charge in [0.05, 0.1) is 18.7 Å². The van der Waals surface area contributed by atoms with Gasteiger partial charge in [-0.3, -0.25) is 9.89 Å². The molecule has 4 aromatic rings. The maximum atomic E-state index is 12.1. The average Bonchev–Trinajstić information content (AvgIpc) is 3.45. The van der Waals surface area contributed by atoms with Gasteiger partial charge in [0, 0.05) is 43.8 Å². The third-order valence-corrected chi connectivity index (χ3v) is 4.89. The molecule has 2 aromatic carbocycles. The number of hydrogen-bond acceptors (Lipinski definition) is 6. The van der Waals surface area contributed by atoms with E-state index in [-0.39, 0.29) is 5.91 Å². The van der Waals surface area contributed by atoms with Crippen LogP contribution in [0.2, 0.25) is 0 Å². The first-order valence-corrected chi connectivity index (χ1v) is 9.82. The Morgan fingerprint density at radius 2 is 1.97 bits per heavy atom. The predicted molar refractivity (Wildman–Crippen MR) is 119 cm³/mol. The molecular weight excluding hydrogens is 410 g/mol. The molecule has 1 amide bonds. The van der Waals surface area contributed by atoms with E-state index in [9.17, 15) is 4.79 Å². The van der Waals surface area contributed by atoms with Crippen LogP contribution in [0.1, 0.15) is 10.4 Å². The summed E-state index contributed by atoms with van der Waals surface area (Å²) in [4.78, 5) is 17.2. The van der Waals surface area contributed by atoms with Crippen molar-refractivity contribution in [3.05, 3.63) is 59.4 Å². The van der Waals surface area contributed by atoms with Crippen molar-refractivity contribution in [2.75, 3.05) is 34.4 Å². The lowest BCUT2D eigenvalue weighted by Gasteiger charge is -2.09. The Kier molecular flexibility index (Phi) is 5.87.